The first-order valence-corrected chi connectivity index (χ1v) is 8.58. The Balaban J connectivity index is 1.72. The molecule has 0 atom stereocenters. The standard InChI is InChI=1S/C17H24BrNO2/c1-12-2-4-13(5-3-12)8-9-19-11-15-7-6-14(17(20)21)10-16(15)18/h6-7,10,12-13,19H,2-5,8-9,11H2,1H3,(H,20,21). The van der Waals surface area contributed by atoms with Crippen LogP contribution in [0.25, 0.3) is 0 Å². The molecule has 0 saturated heterocycles. The van der Waals surface area contributed by atoms with Crippen LogP contribution >= 0.6 is 15.9 Å². The molecule has 1 saturated carbocycles. The van der Waals surface area contributed by atoms with Gasteiger partial charge in [0.05, 0.1) is 5.56 Å². The zero-order valence-corrected chi connectivity index (χ0v) is 14.2. The SMILES string of the molecule is CC1CCC(CCNCc2ccc(C(=O)O)cc2Br)CC1. The average Bonchev–Trinajstić information content (AvgIpc) is 2.46. The van der Waals surface area contributed by atoms with E-state index in [0.29, 0.717) is 5.56 Å². The monoisotopic (exact) mass is 353 g/mol. The van der Waals surface area contributed by atoms with Crippen LogP contribution in [0.3, 0.4) is 0 Å². The summed E-state index contributed by atoms with van der Waals surface area (Å²) in [5.41, 5.74) is 1.43. The minimum absolute atomic E-state index is 0.321. The van der Waals surface area contributed by atoms with Crippen LogP contribution < -0.4 is 5.32 Å². The smallest absolute Gasteiger partial charge is 0.335 e. The molecule has 0 amide bonds. The Kier molecular flexibility index (Phi) is 6.24. The number of carboxylic acid groups (broad SMARTS) is 1. The Bertz CT molecular complexity index is 482. The molecule has 3 nitrogen and oxygen atoms in total. The van der Waals surface area contributed by atoms with E-state index in [0.717, 1.165) is 35.0 Å². The number of benzene rings is 1. The zero-order valence-electron chi connectivity index (χ0n) is 12.6. The molecule has 0 bridgehead atoms. The van der Waals surface area contributed by atoms with E-state index in [1.54, 1.807) is 12.1 Å². The van der Waals surface area contributed by atoms with Crippen molar-refractivity contribution in [2.75, 3.05) is 6.54 Å². The third kappa shape index (κ3) is 5.11. The zero-order chi connectivity index (χ0) is 15.2. The highest BCUT2D eigenvalue weighted by Gasteiger charge is 2.17. The van der Waals surface area contributed by atoms with Gasteiger partial charge in [-0.25, -0.2) is 4.79 Å². The van der Waals surface area contributed by atoms with Gasteiger partial charge in [-0.2, -0.15) is 0 Å². The van der Waals surface area contributed by atoms with E-state index in [2.05, 4.69) is 28.2 Å². The summed E-state index contributed by atoms with van der Waals surface area (Å²) >= 11 is 3.45. The lowest BCUT2D eigenvalue weighted by molar-refractivity contribution is 0.0697. The molecule has 1 aliphatic carbocycles. The highest BCUT2D eigenvalue weighted by Crippen LogP contribution is 2.30. The number of halogens is 1. The van der Waals surface area contributed by atoms with Crippen molar-refractivity contribution in [1.29, 1.82) is 0 Å². The molecule has 0 aromatic heterocycles. The van der Waals surface area contributed by atoms with Gasteiger partial charge in [0, 0.05) is 11.0 Å². The maximum Gasteiger partial charge on any atom is 0.335 e. The summed E-state index contributed by atoms with van der Waals surface area (Å²) in [5, 5.41) is 12.4. The normalized spacial score (nSPS) is 22.2. The molecule has 116 valence electrons. The van der Waals surface area contributed by atoms with Crippen LogP contribution in [0.2, 0.25) is 0 Å². The third-order valence-electron chi connectivity index (χ3n) is 4.48. The number of carboxylic acids is 1. The molecule has 1 aromatic carbocycles. The van der Waals surface area contributed by atoms with Crippen LogP contribution in [-0.4, -0.2) is 17.6 Å². The van der Waals surface area contributed by atoms with Crippen LogP contribution in [0.1, 0.15) is 54.9 Å². The highest BCUT2D eigenvalue weighted by molar-refractivity contribution is 9.10. The van der Waals surface area contributed by atoms with Gasteiger partial charge in [0.25, 0.3) is 0 Å². The maximum absolute atomic E-state index is 10.9. The fraction of sp³-hybridized carbons (Fsp3) is 0.588. The van der Waals surface area contributed by atoms with Crippen LogP contribution in [-0.2, 0) is 6.54 Å². The van der Waals surface area contributed by atoms with Crippen molar-refractivity contribution in [3.05, 3.63) is 33.8 Å². The molecule has 0 radical (unpaired) electrons. The average molecular weight is 354 g/mol. The van der Waals surface area contributed by atoms with Crippen LogP contribution in [0, 0.1) is 11.8 Å². The van der Waals surface area contributed by atoms with E-state index in [-0.39, 0.29) is 0 Å². The third-order valence-corrected chi connectivity index (χ3v) is 5.22. The molecule has 0 aliphatic heterocycles. The predicted molar refractivity (Wildman–Crippen MR) is 88.5 cm³/mol. The van der Waals surface area contributed by atoms with E-state index in [1.807, 2.05) is 6.07 Å². The predicted octanol–water partition coefficient (Wildman–Crippen LogP) is 4.45. The summed E-state index contributed by atoms with van der Waals surface area (Å²) in [4.78, 5) is 10.9. The van der Waals surface area contributed by atoms with Gasteiger partial charge < -0.3 is 10.4 Å². The first-order valence-electron chi connectivity index (χ1n) is 7.78. The Morgan fingerprint density at radius 2 is 2.05 bits per heavy atom. The summed E-state index contributed by atoms with van der Waals surface area (Å²) in [6, 6.07) is 5.21. The van der Waals surface area contributed by atoms with Gasteiger partial charge in [0.15, 0.2) is 0 Å². The molecular weight excluding hydrogens is 330 g/mol. The summed E-state index contributed by atoms with van der Waals surface area (Å²) in [5.74, 6) is 0.908. The number of rotatable bonds is 6. The molecular formula is C17H24BrNO2. The van der Waals surface area contributed by atoms with Crippen LogP contribution in [0.5, 0.6) is 0 Å². The molecule has 0 heterocycles. The fourth-order valence-corrected chi connectivity index (χ4v) is 3.49. The van der Waals surface area contributed by atoms with Crippen LogP contribution in [0.4, 0.5) is 0 Å². The second kappa shape index (κ2) is 7.95. The summed E-state index contributed by atoms with van der Waals surface area (Å²) in [6.45, 7) is 4.17. The van der Waals surface area contributed by atoms with Gasteiger partial charge in [0.1, 0.15) is 0 Å². The molecule has 4 heteroatoms. The van der Waals surface area contributed by atoms with Crippen molar-refractivity contribution in [2.24, 2.45) is 11.8 Å². The quantitative estimate of drug-likeness (QED) is 0.742. The first kappa shape index (κ1) is 16.5. The topological polar surface area (TPSA) is 49.3 Å². The van der Waals surface area contributed by atoms with E-state index in [1.165, 1.54) is 32.1 Å². The minimum Gasteiger partial charge on any atom is -0.478 e. The van der Waals surface area contributed by atoms with Gasteiger partial charge in [-0.15, -0.1) is 0 Å². The largest absolute Gasteiger partial charge is 0.478 e. The second-order valence-corrected chi connectivity index (χ2v) is 7.06. The molecule has 1 aliphatic rings. The summed E-state index contributed by atoms with van der Waals surface area (Å²) in [7, 11) is 0. The Labute approximate surface area is 135 Å². The second-order valence-electron chi connectivity index (χ2n) is 6.20. The van der Waals surface area contributed by atoms with Gasteiger partial charge >= 0.3 is 5.97 Å². The summed E-state index contributed by atoms with van der Waals surface area (Å²) < 4.78 is 0.862. The van der Waals surface area contributed by atoms with Crippen molar-refractivity contribution < 1.29 is 9.90 Å². The lowest BCUT2D eigenvalue weighted by Gasteiger charge is -2.26. The van der Waals surface area contributed by atoms with Crippen molar-refractivity contribution >= 4 is 21.9 Å². The van der Waals surface area contributed by atoms with Gasteiger partial charge in [-0.3, -0.25) is 0 Å². The Morgan fingerprint density at radius 3 is 2.67 bits per heavy atom. The van der Waals surface area contributed by atoms with Crippen molar-refractivity contribution in [3.63, 3.8) is 0 Å². The number of aromatic carboxylic acids is 1. The molecule has 2 rings (SSSR count). The lowest BCUT2D eigenvalue weighted by Crippen LogP contribution is -2.20. The number of nitrogens with one attached hydrogen (secondary N) is 1. The lowest BCUT2D eigenvalue weighted by atomic mass is 9.81. The van der Waals surface area contributed by atoms with Crippen LogP contribution in [0.15, 0.2) is 22.7 Å². The van der Waals surface area contributed by atoms with Crippen molar-refractivity contribution in [2.45, 2.75) is 45.6 Å². The highest BCUT2D eigenvalue weighted by atomic mass is 79.9. The van der Waals surface area contributed by atoms with Crippen molar-refractivity contribution in [3.8, 4) is 0 Å². The summed E-state index contributed by atoms with van der Waals surface area (Å²) in [6.07, 6.45) is 6.76. The van der Waals surface area contributed by atoms with E-state index in [4.69, 9.17) is 5.11 Å². The molecule has 0 spiro atoms. The van der Waals surface area contributed by atoms with E-state index >= 15 is 0 Å². The van der Waals surface area contributed by atoms with Gasteiger partial charge in [0.2, 0.25) is 0 Å². The van der Waals surface area contributed by atoms with Gasteiger partial charge in [-0.05, 0) is 42.5 Å². The number of carbonyl (C=O) groups is 1. The number of hydrogen-bond donors (Lipinski definition) is 2. The van der Waals surface area contributed by atoms with Crippen molar-refractivity contribution in [1.82, 2.24) is 5.32 Å². The van der Waals surface area contributed by atoms with E-state index < -0.39 is 5.97 Å². The molecule has 2 N–H and O–H groups in total. The molecule has 1 aromatic rings. The van der Waals surface area contributed by atoms with Gasteiger partial charge in [-0.1, -0.05) is 54.6 Å². The minimum atomic E-state index is -0.887. The fourth-order valence-electron chi connectivity index (χ4n) is 2.97. The first-order chi connectivity index (χ1) is 10.1. The number of hydrogen-bond acceptors (Lipinski definition) is 2. The maximum atomic E-state index is 10.9. The molecule has 1 fully saturated rings. The Hall–Kier alpha value is -0.870. The molecule has 0 unspecified atom stereocenters. The Morgan fingerprint density at radius 1 is 1.33 bits per heavy atom. The van der Waals surface area contributed by atoms with E-state index in [9.17, 15) is 4.79 Å². The molecule has 21 heavy (non-hydrogen) atoms.